The van der Waals surface area contributed by atoms with Gasteiger partial charge in [-0.2, -0.15) is 0 Å². The van der Waals surface area contributed by atoms with Gasteiger partial charge in [0.15, 0.2) is 5.65 Å². The third kappa shape index (κ3) is 1.95. The summed E-state index contributed by atoms with van der Waals surface area (Å²) in [7, 11) is 0. The lowest BCUT2D eigenvalue weighted by Gasteiger charge is -1.90. The summed E-state index contributed by atoms with van der Waals surface area (Å²) in [6.45, 7) is 2.18. The molecule has 0 saturated carbocycles. The van der Waals surface area contributed by atoms with E-state index in [1.165, 1.54) is 12.8 Å². The largest absolute Gasteiger partial charge is 0.341 e. The third-order valence-corrected chi connectivity index (χ3v) is 2.57. The predicted octanol–water partition coefficient (Wildman–Crippen LogP) is 3.06. The number of hydrogen-bond acceptors (Lipinski definition) is 2. The van der Waals surface area contributed by atoms with Gasteiger partial charge in [-0.15, -0.1) is 0 Å². The molecule has 4 heteroatoms. The van der Waals surface area contributed by atoms with Crippen molar-refractivity contribution >= 4 is 27.1 Å². The normalized spacial score (nSPS) is 11.0. The monoisotopic (exact) mass is 253 g/mol. The van der Waals surface area contributed by atoms with Crippen LogP contribution < -0.4 is 0 Å². The summed E-state index contributed by atoms with van der Waals surface area (Å²) in [5.41, 5.74) is 1.81. The highest BCUT2D eigenvalue weighted by molar-refractivity contribution is 9.10. The molecule has 0 radical (unpaired) electrons. The highest BCUT2D eigenvalue weighted by atomic mass is 79.9. The molecular weight excluding hydrogens is 242 g/mol. The van der Waals surface area contributed by atoms with Gasteiger partial charge in [-0.1, -0.05) is 13.3 Å². The van der Waals surface area contributed by atoms with E-state index in [9.17, 15) is 0 Å². The van der Waals surface area contributed by atoms with Crippen molar-refractivity contribution in [2.45, 2.75) is 26.2 Å². The Hall–Kier alpha value is -0.900. The first-order valence-corrected chi connectivity index (χ1v) is 5.60. The van der Waals surface area contributed by atoms with Crippen LogP contribution in [0.5, 0.6) is 0 Å². The molecule has 74 valence electrons. The van der Waals surface area contributed by atoms with Gasteiger partial charge in [0, 0.05) is 6.42 Å². The van der Waals surface area contributed by atoms with Crippen LogP contribution in [0.25, 0.3) is 11.2 Å². The van der Waals surface area contributed by atoms with Crippen molar-refractivity contribution in [3.63, 3.8) is 0 Å². The molecule has 0 bridgehead atoms. The fourth-order valence-electron chi connectivity index (χ4n) is 1.38. The van der Waals surface area contributed by atoms with E-state index >= 15 is 0 Å². The van der Waals surface area contributed by atoms with E-state index in [1.54, 1.807) is 0 Å². The number of pyridine rings is 1. The van der Waals surface area contributed by atoms with E-state index in [1.807, 2.05) is 12.1 Å². The number of aryl methyl sites for hydroxylation is 1. The molecule has 2 aromatic rings. The lowest BCUT2D eigenvalue weighted by molar-refractivity contribution is 0.764. The Balaban J connectivity index is 2.32. The number of nitrogens with zero attached hydrogens (tertiary/aromatic N) is 2. The zero-order chi connectivity index (χ0) is 9.97. The fourth-order valence-corrected chi connectivity index (χ4v) is 1.68. The average Bonchev–Trinajstić information content (AvgIpc) is 2.56. The van der Waals surface area contributed by atoms with Gasteiger partial charge in [0.1, 0.15) is 10.4 Å². The summed E-state index contributed by atoms with van der Waals surface area (Å²) in [6, 6.07) is 3.92. The molecule has 0 spiro atoms. The summed E-state index contributed by atoms with van der Waals surface area (Å²) >= 11 is 3.33. The summed E-state index contributed by atoms with van der Waals surface area (Å²) < 4.78 is 0.832. The number of halogens is 1. The van der Waals surface area contributed by atoms with E-state index in [2.05, 4.69) is 37.8 Å². The van der Waals surface area contributed by atoms with Crippen LogP contribution in [-0.4, -0.2) is 15.0 Å². The number of aromatic amines is 1. The van der Waals surface area contributed by atoms with E-state index in [0.29, 0.717) is 0 Å². The van der Waals surface area contributed by atoms with E-state index in [4.69, 9.17) is 0 Å². The Morgan fingerprint density at radius 1 is 1.36 bits per heavy atom. The van der Waals surface area contributed by atoms with Gasteiger partial charge < -0.3 is 4.98 Å². The Morgan fingerprint density at radius 2 is 2.21 bits per heavy atom. The van der Waals surface area contributed by atoms with Crippen molar-refractivity contribution in [1.82, 2.24) is 15.0 Å². The predicted molar refractivity (Wildman–Crippen MR) is 60.2 cm³/mol. The quantitative estimate of drug-likeness (QED) is 0.855. The SMILES string of the molecule is CCCCc1nc2nc(Br)ccc2[nH]1. The number of hydrogen-bond donors (Lipinski definition) is 1. The molecule has 1 N–H and O–H groups in total. The smallest absolute Gasteiger partial charge is 0.178 e. The zero-order valence-electron chi connectivity index (χ0n) is 8.05. The standard InChI is InChI=1S/C10H12BrN3/c1-2-3-4-9-12-7-5-6-8(11)13-10(7)14-9/h5-6H,2-4H2,1H3,(H,12,13,14). The van der Waals surface area contributed by atoms with E-state index in [0.717, 1.165) is 28.0 Å². The molecule has 3 nitrogen and oxygen atoms in total. The molecule has 0 aromatic carbocycles. The summed E-state index contributed by atoms with van der Waals surface area (Å²) in [5.74, 6) is 1.03. The van der Waals surface area contributed by atoms with Crippen molar-refractivity contribution in [3.05, 3.63) is 22.6 Å². The molecule has 14 heavy (non-hydrogen) atoms. The number of unbranched alkanes of at least 4 members (excludes halogenated alkanes) is 1. The lowest BCUT2D eigenvalue weighted by Crippen LogP contribution is -1.86. The molecule has 0 saturated heterocycles. The van der Waals surface area contributed by atoms with Crippen LogP contribution in [0.1, 0.15) is 25.6 Å². The van der Waals surface area contributed by atoms with Gasteiger partial charge in [-0.05, 0) is 34.5 Å². The average molecular weight is 254 g/mol. The Kier molecular flexibility index (Phi) is 2.82. The van der Waals surface area contributed by atoms with Gasteiger partial charge >= 0.3 is 0 Å². The molecular formula is C10H12BrN3. The Labute approximate surface area is 91.1 Å². The maximum Gasteiger partial charge on any atom is 0.178 e. The fraction of sp³-hybridized carbons (Fsp3) is 0.400. The van der Waals surface area contributed by atoms with Crippen molar-refractivity contribution in [3.8, 4) is 0 Å². The Bertz CT molecular complexity index is 436. The Morgan fingerprint density at radius 3 is 3.00 bits per heavy atom. The second kappa shape index (κ2) is 4.09. The molecule has 0 fully saturated rings. The highest BCUT2D eigenvalue weighted by Gasteiger charge is 2.03. The summed E-state index contributed by atoms with van der Waals surface area (Å²) in [6.07, 6.45) is 3.36. The van der Waals surface area contributed by atoms with E-state index < -0.39 is 0 Å². The van der Waals surface area contributed by atoms with Crippen LogP contribution in [0.15, 0.2) is 16.7 Å². The molecule has 0 aliphatic rings. The second-order valence-electron chi connectivity index (χ2n) is 3.29. The van der Waals surface area contributed by atoms with Crippen LogP contribution in [0, 0.1) is 0 Å². The minimum atomic E-state index is 0.797. The van der Waals surface area contributed by atoms with Crippen LogP contribution in [-0.2, 0) is 6.42 Å². The minimum absolute atomic E-state index is 0.797. The molecule has 2 aromatic heterocycles. The van der Waals surface area contributed by atoms with Crippen LogP contribution in [0.3, 0.4) is 0 Å². The van der Waals surface area contributed by atoms with Crippen molar-refractivity contribution in [2.75, 3.05) is 0 Å². The van der Waals surface area contributed by atoms with Gasteiger partial charge in [-0.3, -0.25) is 0 Å². The second-order valence-corrected chi connectivity index (χ2v) is 4.10. The molecule has 0 aliphatic heterocycles. The van der Waals surface area contributed by atoms with Crippen LogP contribution in [0.4, 0.5) is 0 Å². The van der Waals surface area contributed by atoms with Gasteiger partial charge in [0.05, 0.1) is 5.52 Å². The zero-order valence-corrected chi connectivity index (χ0v) is 9.63. The number of H-pyrrole nitrogens is 1. The number of nitrogens with one attached hydrogen (secondary N) is 1. The minimum Gasteiger partial charge on any atom is -0.341 e. The number of imidazole rings is 1. The van der Waals surface area contributed by atoms with Gasteiger partial charge in [0.25, 0.3) is 0 Å². The summed E-state index contributed by atoms with van der Waals surface area (Å²) in [4.78, 5) is 12.0. The first kappa shape index (κ1) is 9.65. The topological polar surface area (TPSA) is 41.6 Å². The highest BCUT2D eigenvalue weighted by Crippen LogP contribution is 2.14. The molecule has 0 amide bonds. The van der Waals surface area contributed by atoms with Crippen molar-refractivity contribution in [2.24, 2.45) is 0 Å². The first-order chi connectivity index (χ1) is 6.79. The maximum absolute atomic E-state index is 4.41. The van der Waals surface area contributed by atoms with Crippen molar-refractivity contribution in [1.29, 1.82) is 0 Å². The molecule has 2 heterocycles. The molecule has 0 aliphatic carbocycles. The number of aromatic nitrogens is 3. The van der Waals surface area contributed by atoms with Crippen LogP contribution in [0.2, 0.25) is 0 Å². The molecule has 2 rings (SSSR count). The maximum atomic E-state index is 4.41. The number of fused-ring (bicyclic) bond motifs is 1. The van der Waals surface area contributed by atoms with Crippen molar-refractivity contribution < 1.29 is 0 Å². The molecule has 0 atom stereocenters. The lowest BCUT2D eigenvalue weighted by atomic mass is 10.2. The summed E-state index contributed by atoms with van der Waals surface area (Å²) in [5, 5.41) is 0. The third-order valence-electron chi connectivity index (χ3n) is 2.13. The number of rotatable bonds is 3. The van der Waals surface area contributed by atoms with Crippen LogP contribution >= 0.6 is 15.9 Å². The first-order valence-electron chi connectivity index (χ1n) is 4.80. The molecule has 0 unspecified atom stereocenters. The van der Waals surface area contributed by atoms with E-state index in [-0.39, 0.29) is 0 Å². The van der Waals surface area contributed by atoms with Gasteiger partial charge in [-0.25, -0.2) is 9.97 Å². The van der Waals surface area contributed by atoms with Gasteiger partial charge in [0.2, 0.25) is 0 Å².